The second-order valence-electron chi connectivity index (χ2n) is 12.5. The van der Waals surface area contributed by atoms with Gasteiger partial charge in [-0.1, -0.05) is 7.43 Å². The Balaban J connectivity index is 0.000000191. The first-order chi connectivity index (χ1) is 29.3. The number of benzene rings is 5. The number of phenolic OH excluding ortho intramolecular Hbond substituents is 2. The molecular weight excluding hydrogens is 828 g/mol. The standard InChI is InChI=1S/2C14H8N2O4.C7H6O4.C7H4O4.CH4/c17-13(18)7-1-3-9-11(5-7)16-10-4-2-8(14(19)20)6-12(10)15-9;17-13(18)7-1-3-9-11(5-7)16-12-6-8(14(19)20)2-4-10(12)15-9;2*8-5-2-1-4(7(10)11)3-6(5)9;/h2*1-6H,(H,17,18)(H,19,20);1-3,8-9H,(H,10,11);1-3H,(H,10,11);1H4. The lowest BCUT2D eigenvalue weighted by Crippen LogP contribution is -2.14. The van der Waals surface area contributed by atoms with Crippen LogP contribution in [0.15, 0.2) is 115 Å². The minimum Gasteiger partial charge on any atom is -0.504 e. The lowest BCUT2D eigenvalue weighted by Gasteiger charge is -2.03. The number of aromatic hydroxyl groups is 2. The van der Waals surface area contributed by atoms with E-state index in [4.69, 9.17) is 40.9 Å². The molecule has 318 valence electrons. The number of carboxylic acids is 6. The summed E-state index contributed by atoms with van der Waals surface area (Å²) >= 11 is 0. The summed E-state index contributed by atoms with van der Waals surface area (Å²) in [5, 5.41) is 70.2. The molecule has 7 aromatic rings. The van der Waals surface area contributed by atoms with E-state index in [1.165, 1.54) is 54.6 Å². The molecule has 1 aliphatic carbocycles. The number of aliphatic carboxylic acids is 1. The number of carbonyl (C=O) groups excluding carboxylic acids is 2. The van der Waals surface area contributed by atoms with E-state index >= 15 is 0 Å². The number of carboxylic acid groups (broad SMARTS) is 6. The number of ketones is 2. The number of allylic oxidation sites excluding steroid dienone is 2. The SMILES string of the molecule is C.O=C(O)C1=CC(=O)C(=O)C=C1.O=C(O)c1ccc(O)c(O)c1.O=C(O)c1ccc2nc3cc(C(=O)O)ccc3nc2c1.O=C(O)c1ccc2nc3ccc(C(=O)O)cc3nc2c1. The van der Waals surface area contributed by atoms with Crippen LogP contribution in [0.25, 0.3) is 44.1 Å². The van der Waals surface area contributed by atoms with Crippen molar-refractivity contribution in [2.45, 2.75) is 7.43 Å². The summed E-state index contributed by atoms with van der Waals surface area (Å²) in [4.78, 5) is 102. The molecule has 2 heterocycles. The molecule has 1 aliphatic rings. The second-order valence-corrected chi connectivity index (χ2v) is 12.5. The van der Waals surface area contributed by atoms with Crippen LogP contribution < -0.4 is 0 Å². The van der Waals surface area contributed by atoms with Crippen molar-refractivity contribution in [3.05, 3.63) is 143 Å². The van der Waals surface area contributed by atoms with Gasteiger partial charge in [0.15, 0.2) is 11.5 Å². The third kappa shape index (κ3) is 11.4. The van der Waals surface area contributed by atoms with Crippen LogP contribution >= 0.6 is 0 Å². The fourth-order valence-corrected chi connectivity index (χ4v) is 5.18. The fourth-order valence-electron chi connectivity index (χ4n) is 5.18. The van der Waals surface area contributed by atoms with E-state index in [0.29, 0.717) is 44.1 Å². The van der Waals surface area contributed by atoms with E-state index < -0.39 is 53.1 Å². The molecule has 5 aromatic carbocycles. The number of rotatable bonds is 6. The van der Waals surface area contributed by atoms with Crippen LogP contribution in [0.4, 0.5) is 0 Å². The number of hydrogen-bond donors (Lipinski definition) is 8. The molecule has 0 radical (unpaired) electrons. The van der Waals surface area contributed by atoms with Crippen molar-refractivity contribution in [1.82, 2.24) is 19.9 Å². The molecule has 8 rings (SSSR count). The summed E-state index contributed by atoms with van der Waals surface area (Å²) in [5.41, 5.74) is 4.18. The van der Waals surface area contributed by atoms with Gasteiger partial charge in [-0.3, -0.25) is 9.59 Å². The normalized spacial score (nSPS) is 11.4. The predicted molar refractivity (Wildman–Crippen MR) is 220 cm³/mol. The molecule has 0 spiro atoms. The van der Waals surface area contributed by atoms with Crippen LogP contribution in [0.1, 0.15) is 59.2 Å². The highest BCUT2D eigenvalue weighted by Crippen LogP contribution is 2.25. The third-order valence-corrected chi connectivity index (χ3v) is 8.27. The molecule has 0 amide bonds. The van der Waals surface area contributed by atoms with Gasteiger partial charge in [-0.05, 0) is 103 Å². The zero-order chi connectivity index (χ0) is 45.4. The number of carbonyl (C=O) groups is 8. The molecule has 0 unspecified atom stereocenters. The molecule has 63 heavy (non-hydrogen) atoms. The number of aromatic nitrogens is 4. The first kappa shape index (κ1) is 46.2. The molecule has 2 aromatic heterocycles. The smallest absolute Gasteiger partial charge is 0.335 e. The summed E-state index contributed by atoms with van der Waals surface area (Å²) in [6.45, 7) is 0. The third-order valence-electron chi connectivity index (χ3n) is 8.27. The highest BCUT2D eigenvalue weighted by Gasteiger charge is 2.17. The van der Waals surface area contributed by atoms with Gasteiger partial charge in [-0.15, -0.1) is 0 Å². The maximum atomic E-state index is 10.9. The first-order valence-electron chi connectivity index (χ1n) is 17.1. The molecular formula is C43H30N4O16. The molecule has 20 nitrogen and oxygen atoms in total. The Bertz CT molecular complexity index is 2980. The average Bonchev–Trinajstić information content (AvgIpc) is 3.23. The van der Waals surface area contributed by atoms with Crippen molar-refractivity contribution < 1.29 is 79.2 Å². The molecule has 0 saturated carbocycles. The minimum atomic E-state index is -1.21. The maximum Gasteiger partial charge on any atom is 0.335 e. The van der Waals surface area contributed by atoms with Crippen molar-refractivity contribution in [3.8, 4) is 11.5 Å². The van der Waals surface area contributed by atoms with E-state index in [1.54, 1.807) is 24.3 Å². The van der Waals surface area contributed by atoms with Crippen LogP contribution in [-0.2, 0) is 14.4 Å². The van der Waals surface area contributed by atoms with Gasteiger partial charge in [0, 0.05) is 6.08 Å². The summed E-state index contributed by atoms with van der Waals surface area (Å²) in [6.07, 6.45) is 2.86. The van der Waals surface area contributed by atoms with E-state index in [-0.39, 0.29) is 46.6 Å². The maximum absolute atomic E-state index is 10.9. The molecule has 0 aliphatic heterocycles. The number of aromatic carboxylic acids is 5. The quantitative estimate of drug-likeness (QED) is 0.0443. The minimum absolute atomic E-state index is 0. The second kappa shape index (κ2) is 19.5. The molecule has 0 saturated heterocycles. The van der Waals surface area contributed by atoms with Gasteiger partial charge in [0.05, 0.1) is 77.5 Å². The van der Waals surface area contributed by atoms with Crippen LogP contribution in [-0.4, -0.2) is 108 Å². The number of phenols is 2. The number of hydrogen-bond acceptors (Lipinski definition) is 14. The van der Waals surface area contributed by atoms with Gasteiger partial charge >= 0.3 is 35.8 Å². The van der Waals surface area contributed by atoms with Gasteiger partial charge in [0.1, 0.15) is 0 Å². The molecule has 20 heteroatoms. The van der Waals surface area contributed by atoms with Crippen LogP contribution in [0.3, 0.4) is 0 Å². The van der Waals surface area contributed by atoms with E-state index in [1.807, 2.05) is 0 Å². The monoisotopic (exact) mass is 858 g/mol. The van der Waals surface area contributed by atoms with Crippen molar-refractivity contribution in [1.29, 1.82) is 0 Å². The van der Waals surface area contributed by atoms with E-state index in [9.17, 15) is 38.4 Å². The van der Waals surface area contributed by atoms with Gasteiger partial charge in [-0.2, -0.15) is 0 Å². The Labute approximate surface area is 351 Å². The Kier molecular flexibility index (Phi) is 14.3. The van der Waals surface area contributed by atoms with Crippen molar-refractivity contribution >= 4 is 91.5 Å². The summed E-state index contributed by atoms with van der Waals surface area (Å²) in [6, 6.07) is 21.1. The van der Waals surface area contributed by atoms with Gasteiger partial charge in [0.2, 0.25) is 11.6 Å². The van der Waals surface area contributed by atoms with Gasteiger partial charge < -0.3 is 40.9 Å². The molecule has 0 fully saturated rings. The largest absolute Gasteiger partial charge is 0.504 e. The highest BCUT2D eigenvalue weighted by atomic mass is 16.4. The van der Waals surface area contributed by atoms with Crippen molar-refractivity contribution in [3.63, 3.8) is 0 Å². The summed E-state index contributed by atoms with van der Waals surface area (Å²) in [5.74, 6) is -8.73. The van der Waals surface area contributed by atoms with Crippen LogP contribution in [0.2, 0.25) is 0 Å². The van der Waals surface area contributed by atoms with Gasteiger partial charge in [0.25, 0.3) is 0 Å². The van der Waals surface area contributed by atoms with Gasteiger partial charge in [-0.25, -0.2) is 48.7 Å². The molecule has 8 N–H and O–H groups in total. The Morgan fingerprint density at radius 1 is 0.349 bits per heavy atom. The Morgan fingerprint density at radius 2 is 0.651 bits per heavy atom. The van der Waals surface area contributed by atoms with Crippen LogP contribution in [0, 0.1) is 0 Å². The number of nitrogens with zero attached hydrogens (tertiary/aromatic N) is 4. The number of fused-ring (bicyclic) bond motifs is 4. The zero-order valence-electron chi connectivity index (χ0n) is 31.0. The summed E-state index contributed by atoms with van der Waals surface area (Å²) in [7, 11) is 0. The lowest BCUT2D eigenvalue weighted by atomic mass is 10.1. The Hall–Kier alpha value is -9.46. The van der Waals surface area contributed by atoms with Crippen LogP contribution in [0.5, 0.6) is 11.5 Å². The van der Waals surface area contributed by atoms with E-state index in [2.05, 4.69) is 19.9 Å². The zero-order valence-corrected chi connectivity index (χ0v) is 31.0. The van der Waals surface area contributed by atoms with Crippen molar-refractivity contribution in [2.75, 3.05) is 0 Å². The van der Waals surface area contributed by atoms with Crippen molar-refractivity contribution in [2.24, 2.45) is 0 Å². The predicted octanol–water partition coefficient (Wildman–Crippen LogP) is 5.50. The lowest BCUT2D eigenvalue weighted by molar-refractivity contribution is -0.133. The summed E-state index contributed by atoms with van der Waals surface area (Å²) < 4.78 is 0. The Morgan fingerprint density at radius 3 is 0.952 bits per heavy atom. The highest BCUT2D eigenvalue weighted by molar-refractivity contribution is 6.47. The topological polar surface area (TPSA) is 350 Å². The molecule has 0 atom stereocenters. The fraction of sp³-hybridized carbons (Fsp3) is 0.0233. The molecule has 0 bridgehead atoms. The van der Waals surface area contributed by atoms with E-state index in [0.717, 1.165) is 30.4 Å². The first-order valence-corrected chi connectivity index (χ1v) is 17.1. The average molecular weight is 859 g/mol.